The van der Waals surface area contributed by atoms with Gasteiger partial charge < -0.3 is 9.26 Å². The first-order valence-corrected chi connectivity index (χ1v) is 7.04. The summed E-state index contributed by atoms with van der Waals surface area (Å²) in [7, 11) is 0. The lowest BCUT2D eigenvalue weighted by atomic mass is 10.1. The van der Waals surface area contributed by atoms with E-state index in [1.165, 1.54) is 5.56 Å². The van der Waals surface area contributed by atoms with Gasteiger partial charge in [-0.3, -0.25) is 5.32 Å². The molecule has 0 atom stereocenters. The molecule has 1 aromatic carbocycles. The van der Waals surface area contributed by atoms with Gasteiger partial charge in [-0.15, -0.1) is 0 Å². The van der Waals surface area contributed by atoms with Crippen LogP contribution >= 0.6 is 0 Å². The monoisotopic (exact) mass is 288 g/mol. The van der Waals surface area contributed by atoms with Crippen LogP contribution < -0.4 is 5.32 Å². The minimum atomic E-state index is -0.511. The zero-order valence-corrected chi connectivity index (χ0v) is 12.8. The predicted molar refractivity (Wildman–Crippen MR) is 81.3 cm³/mol. The molecular weight excluding hydrogens is 268 g/mol. The van der Waals surface area contributed by atoms with E-state index in [2.05, 4.69) is 17.4 Å². The van der Waals surface area contributed by atoms with Crippen LogP contribution in [0.4, 0.5) is 10.5 Å². The molecule has 0 fully saturated rings. The molecule has 5 heteroatoms. The maximum atomic E-state index is 11.8. The fourth-order valence-corrected chi connectivity index (χ4v) is 1.95. The van der Waals surface area contributed by atoms with E-state index in [9.17, 15) is 4.79 Å². The van der Waals surface area contributed by atoms with Crippen molar-refractivity contribution in [2.45, 2.75) is 40.2 Å². The highest BCUT2D eigenvalue weighted by atomic mass is 16.6. The van der Waals surface area contributed by atoms with Gasteiger partial charge in [-0.05, 0) is 32.8 Å². The van der Waals surface area contributed by atoms with Crippen molar-refractivity contribution >= 4 is 11.8 Å². The first-order valence-electron chi connectivity index (χ1n) is 7.04. The Bertz CT molecular complexity index is 615. The van der Waals surface area contributed by atoms with E-state index >= 15 is 0 Å². The first-order chi connectivity index (χ1) is 10.0. The number of rotatable bonds is 4. The summed E-state index contributed by atoms with van der Waals surface area (Å²) >= 11 is 0. The molecule has 1 N–H and O–H groups in total. The lowest BCUT2D eigenvalue weighted by Crippen LogP contribution is -2.18. The Kier molecular flexibility index (Phi) is 4.62. The Morgan fingerprint density at radius 2 is 2.00 bits per heavy atom. The number of nitrogens with one attached hydrogen (secondary N) is 1. The molecule has 0 saturated heterocycles. The normalized spacial score (nSPS) is 10.7. The molecule has 0 unspecified atom stereocenters. The van der Waals surface area contributed by atoms with E-state index in [4.69, 9.17) is 9.26 Å². The second-order valence-corrected chi connectivity index (χ2v) is 5.10. The highest BCUT2D eigenvalue weighted by molar-refractivity contribution is 5.90. The summed E-state index contributed by atoms with van der Waals surface area (Å²) in [5, 5.41) is 6.62. The number of anilines is 1. The van der Waals surface area contributed by atoms with E-state index in [0.717, 1.165) is 12.0 Å². The standard InChI is InChI=1S/C16H20N2O3/c1-5-12-6-8-13(9-7-12)15-14(11(4)18-21-15)17-16(19)20-10(2)3/h6-10H,5H2,1-4H3,(H,17,19). The van der Waals surface area contributed by atoms with Crippen molar-refractivity contribution in [2.24, 2.45) is 0 Å². The van der Waals surface area contributed by atoms with Crippen LogP contribution in [0.2, 0.25) is 0 Å². The summed E-state index contributed by atoms with van der Waals surface area (Å²) < 4.78 is 10.4. The number of benzene rings is 1. The summed E-state index contributed by atoms with van der Waals surface area (Å²) in [6.45, 7) is 7.47. The molecule has 0 aliphatic heterocycles. The average molecular weight is 288 g/mol. The van der Waals surface area contributed by atoms with Crippen molar-refractivity contribution in [3.63, 3.8) is 0 Å². The predicted octanol–water partition coefficient (Wildman–Crippen LogP) is 4.17. The molecule has 1 amide bonds. The molecule has 21 heavy (non-hydrogen) atoms. The van der Waals surface area contributed by atoms with Crippen molar-refractivity contribution in [1.82, 2.24) is 5.16 Å². The van der Waals surface area contributed by atoms with Gasteiger partial charge in [-0.25, -0.2) is 4.79 Å². The number of hydrogen-bond donors (Lipinski definition) is 1. The molecule has 112 valence electrons. The topological polar surface area (TPSA) is 64.4 Å². The summed E-state index contributed by atoms with van der Waals surface area (Å²) in [6, 6.07) is 7.97. The quantitative estimate of drug-likeness (QED) is 0.917. The Balaban J connectivity index is 2.26. The number of carbonyl (C=O) groups is 1. The minimum absolute atomic E-state index is 0.183. The molecule has 0 aliphatic carbocycles. The molecule has 2 rings (SSSR count). The molecule has 0 spiro atoms. The third-order valence-electron chi connectivity index (χ3n) is 3.06. The van der Waals surface area contributed by atoms with Crippen LogP contribution in [-0.4, -0.2) is 17.4 Å². The molecule has 5 nitrogen and oxygen atoms in total. The maximum absolute atomic E-state index is 11.8. The van der Waals surface area contributed by atoms with E-state index < -0.39 is 6.09 Å². The Morgan fingerprint density at radius 1 is 1.33 bits per heavy atom. The SMILES string of the molecule is CCc1ccc(-c2onc(C)c2NC(=O)OC(C)C)cc1. The summed E-state index contributed by atoms with van der Waals surface area (Å²) in [5.41, 5.74) is 3.27. The molecule has 0 bridgehead atoms. The van der Waals surface area contributed by atoms with Gasteiger partial charge in [0.25, 0.3) is 0 Å². The fourth-order valence-electron chi connectivity index (χ4n) is 1.95. The van der Waals surface area contributed by atoms with Crippen LogP contribution in [-0.2, 0) is 11.2 Å². The van der Waals surface area contributed by atoms with Crippen LogP contribution in [0.1, 0.15) is 32.0 Å². The van der Waals surface area contributed by atoms with Crippen LogP contribution in [0, 0.1) is 6.92 Å². The molecule has 2 aromatic rings. The van der Waals surface area contributed by atoms with Crippen LogP contribution in [0.25, 0.3) is 11.3 Å². The second-order valence-electron chi connectivity index (χ2n) is 5.10. The molecule has 0 radical (unpaired) electrons. The van der Waals surface area contributed by atoms with Gasteiger partial charge in [0, 0.05) is 5.56 Å². The molecule has 0 saturated carbocycles. The third-order valence-corrected chi connectivity index (χ3v) is 3.06. The molecular formula is C16H20N2O3. The van der Waals surface area contributed by atoms with Gasteiger partial charge in [-0.1, -0.05) is 36.3 Å². The Labute approximate surface area is 124 Å². The van der Waals surface area contributed by atoms with Gasteiger partial charge in [0.15, 0.2) is 5.76 Å². The fraction of sp³-hybridized carbons (Fsp3) is 0.375. The number of hydrogen-bond acceptors (Lipinski definition) is 4. The van der Waals surface area contributed by atoms with E-state index in [1.807, 2.05) is 24.3 Å². The zero-order chi connectivity index (χ0) is 15.4. The molecule has 0 aliphatic rings. The molecule has 1 heterocycles. The van der Waals surface area contributed by atoms with Crippen LogP contribution in [0.3, 0.4) is 0 Å². The minimum Gasteiger partial charge on any atom is -0.447 e. The number of carbonyl (C=O) groups excluding carboxylic acids is 1. The maximum Gasteiger partial charge on any atom is 0.412 e. The summed E-state index contributed by atoms with van der Waals surface area (Å²) in [5.74, 6) is 0.538. The third kappa shape index (κ3) is 3.62. The van der Waals surface area contributed by atoms with E-state index in [1.54, 1.807) is 20.8 Å². The highest BCUT2D eigenvalue weighted by Gasteiger charge is 2.18. The van der Waals surface area contributed by atoms with Gasteiger partial charge in [0.2, 0.25) is 0 Å². The Morgan fingerprint density at radius 3 is 2.57 bits per heavy atom. The lowest BCUT2D eigenvalue weighted by molar-refractivity contribution is 0.130. The van der Waals surface area contributed by atoms with Crippen molar-refractivity contribution in [3.05, 3.63) is 35.5 Å². The zero-order valence-electron chi connectivity index (χ0n) is 12.8. The summed E-state index contributed by atoms with van der Waals surface area (Å²) in [4.78, 5) is 11.8. The number of nitrogens with zero attached hydrogens (tertiary/aromatic N) is 1. The van der Waals surface area contributed by atoms with Gasteiger partial charge in [-0.2, -0.15) is 0 Å². The second kappa shape index (κ2) is 6.43. The van der Waals surface area contributed by atoms with Gasteiger partial charge in [0.1, 0.15) is 11.4 Å². The number of amides is 1. The number of aryl methyl sites for hydroxylation is 2. The average Bonchev–Trinajstić information content (AvgIpc) is 2.79. The smallest absolute Gasteiger partial charge is 0.412 e. The first kappa shape index (κ1) is 15.1. The van der Waals surface area contributed by atoms with Gasteiger partial charge >= 0.3 is 6.09 Å². The number of aromatic nitrogens is 1. The highest BCUT2D eigenvalue weighted by Crippen LogP contribution is 2.31. The Hall–Kier alpha value is -2.30. The van der Waals surface area contributed by atoms with Crippen LogP contribution in [0.5, 0.6) is 0 Å². The largest absolute Gasteiger partial charge is 0.447 e. The van der Waals surface area contributed by atoms with E-state index in [0.29, 0.717) is 17.1 Å². The number of ether oxygens (including phenoxy) is 1. The van der Waals surface area contributed by atoms with Crippen LogP contribution in [0.15, 0.2) is 28.8 Å². The van der Waals surface area contributed by atoms with Gasteiger partial charge in [0.05, 0.1) is 6.10 Å². The lowest BCUT2D eigenvalue weighted by Gasteiger charge is -2.09. The van der Waals surface area contributed by atoms with Crippen molar-refractivity contribution in [3.8, 4) is 11.3 Å². The van der Waals surface area contributed by atoms with Crippen molar-refractivity contribution in [1.29, 1.82) is 0 Å². The van der Waals surface area contributed by atoms with Crippen molar-refractivity contribution < 1.29 is 14.1 Å². The summed E-state index contributed by atoms with van der Waals surface area (Å²) in [6.07, 6.45) is 0.279. The molecule has 1 aromatic heterocycles. The van der Waals surface area contributed by atoms with Crippen molar-refractivity contribution in [2.75, 3.05) is 5.32 Å². The van der Waals surface area contributed by atoms with E-state index in [-0.39, 0.29) is 6.10 Å².